The van der Waals surface area contributed by atoms with E-state index in [1.165, 1.54) is 128 Å². The van der Waals surface area contributed by atoms with Gasteiger partial charge in [-0.2, -0.15) is 0 Å². The SMILES string of the molecule is CC(C)(C)c1cc(N2c3cc4c(cc3B3c5ccccc5N(c5c(-c6ccccc6)cc(C(C)(C)C)cc5-c5ccccc5)c5cc(C(C)(C)C)cc2c53)B2c3ccccc3N(c3c(-c5ccccc5)cc(C(C)(C)C)cc3-c3ccccc3)c3cc(-c5cccc6c5C5(c7ccccc7-c7ccccc75)c5ccccc5-6)cc(c32)O4)cc(C(C)(C)C)c1. The molecule has 0 radical (unpaired) electrons. The molecule has 16 aromatic rings. The largest absolute Gasteiger partial charge is 0.458 e. The van der Waals surface area contributed by atoms with Gasteiger partial charge in [0.1, 0.15) is 11.5 Å². The van der Waals surface area contributed by atoms with E-state index in [0.717, 1.165) is 95.7 Å². The van der Waals surface area contributed by atoms with Crippen LogP contribution in [0.4, 0.5) is 51.2 Å². The summed E-state index contributed by atoms with van der Waals surface area (Å²) in [6.07, 6.45) is 0. The summed E-state index contributed by atoms with van der Waals surface area (Å²) in [5.41, 5.74) is 43.9. The number of anilines is 9. The lowest BCUT2D eigenvalue weighted by Gasteiger charge is -2.47. The van der Waals surface area contributed by atoms with E-state index in [-0.39, 0.29) is 40.5 Å². The van der Waals surface area contributed by atoms with Gasteiger partial charge in [-0.15, -0.1) is 0 Å². The van der Waals surface area contributed by atoms with E-state index in [1.54, 1.807) is 0 Å². The van der Waals surface area contributed by atoms with Crippen LogP contribution in [0.25, 0.3) is 77.9 Å². The number of para-hydroxylation sites is 2. The normalized spacial score (nSPS) is 14.2. The van der Waals surface area contributed by atoms with E-state index in [4.69, 9.17) is 4.74 Å². The van der Waals surface area contributed by atoms with Crippen molar-refractivity contribution in [1.82, 2.24) is 0 Å². The Morgan fingerprint density at radius 1 is 0.228 bits per heavy atom. The second-order valence-electron chi connectivity index (χ2n) is 40.3. The smallest absolute Gasteiger partial charge is 0.256 e. The molecule has 4 heterocycles. The van der Waals surface area contributed by atoms with Gasteiger partial charge in [0.15, 0.2) is 0 Å². The van der Waals surface area contributed by atoms with Crippen molar-refractivity contribution in [1.29, 1.82) is 0 Å². The highest BCUT2D eigenvalue weighted by Crippen LogP contribution is 2.66. The van der Waals surface area contributed by atoms with E-state index < -0.39 is 5.41 Å². The number of hydrogen-bond acceptors (Lipinski definition) is 4. The molecule has 0 saturated carbocycles. The van der Waals surface area contributed by atoms with Gasteiger partial charge >= 0.3 is 0 Å². The molecular weight excluding hydrogens is 1480 g/mol. The van der Waals surface area contributed by atoms with E-state index in [9.17, 15) is 0 Å². The van der Waals surface area contributed by atoms with Crippen LogP contribution < -0.4 is 52.2 Å². The van der Waals surface area contributed by atoms with E-state index in [0.29, 0.717) is 0 Å². The van der Waals surface area contributed by atoms with Crippen LogP contribution in [-0.4, -0.2) is 13.4 Å². The van der Waals surface area contributed by atoms with Gasteiger partial charge in [-0.1, -0.05) is 365 Å². The van der Waals surface area contributed by atoms with Crippen molar-refractivity contribution in [2.45, 2.75) is 136 Å². The van der Waals surface area contributed by atoms with Gasteiger partial charge in [-0.3, -0.25) is 0 Å². The summed E-state index contributed by atoms with van der Waals surface area (Å²) in [4.78, 5) is 8.06. The summed E-state index contributed by atoms with van der Waals surface area (Å²) in [5, 5.41) is 0. The number of ether oxygens (including phenoxy) is 1. The van der Waals surface area contributed by atoms with Gasteiger partial charge in [0.25, 0.3) is 13.4 Å². The highest BCUT2D eigenvalue weighted by molar-refractivity contribution is 7.02. The molecule has 6 heteroatoms. The highest BCUT2D eigenvalue weighted by atomic mass is 16.5. The second-order valence-corrected chi connectivity index (χ2v) is 40.3. The first-order valence-electron chi connectivity index (χ1n) is 44.2. The lowest BCUT2D eigenvalue weighted by Crippen LogP contribution is -2.64. The topological polar surface area (TPSA) is 19.0 Å². The zero-order valence-corrected chi connectivity index (χ0v) is 73.2. The first-order chi connectivity index (χ1) is 59.2. The third-order valence-corrected chi connectivity index (χ3v) is 27.6. The minimum atomic E-state index is -0.641. The Kier molecular flexibility index (Phi) is 17.0. The molecule has 0 saturated heterocycles. The van der Waals surface area contributed by atoms with Crippen LogP contribution in [0.15, 0.2) is 340 Å². The zero-order chi connectivity index (χ0) is 84.3. The van der Waals surface area contributed by atoms with Crippen molar-refractivity contribution in [3.8, 4) is 89.4 Å². The van der Waals surface area contributed by atoms with Crippen molar-refractivity contribution < 1.29 is 4.74 Å². The van der Waals surface area contributed by atoms with Gasteiger partial charge in [-0.05, 0) is 238 Å². The minimum Gasteiger partial charge on any atom is -0.458 e. The fourth-order valence-electron chi connectivity index (χ4n) is 21.5. The molecule has 6 aliphatic rings. The molecule has 2 aliphatic carbocycles. The monoisotopic (exact) mass is 1590 g/mol. The van der Waals surface area contributed by atoms with Crippen molar-refractivity contribution in [3.63, 3.8) is 0 Å². The average Bonchev–Trinajstić information content (AvgIpc) is 1.57. The van der Waals surface area contributed by atoms with Crippen molar-refractivity contribution in [3.05, 3.63) is 390 Å². The van der Waals surface area contributed by atoms with Crippen LogP contribution in [0, 0.1) is 0 Å². The molecular formula is C117H101B2N3O. The summed E-state index contributed by atoms with van der Waals surface area (Å²) in [5.74, 6) is 1.68. The fraction of sp³-hybridized carbons (Fsp3) is 0.179. The van der Waals surface area contributed by atoms with Crippen molar-refractivity contribution in [2.24, 2.45) is 0 Å². The van der Waals surface area contributed by atoms with E-state index in [1.807, 2.05) is 0 Å². The minimum absolute atomic E-state index is 0.175. The molecule has 0 N–H and O–H groups in total. The highest BCUT2D eigenvalue weighted by Gasteiger charge is 2.55. The fourth-order valence-corrected chi connectivity index (χ4v) is 21.5. The second kappa shape index (κ2) is 27.4. The quantitative estimate of drug-likeness (QED) is 0.141. The molecule has 22 rings (SSSR count). The Labute approximate surface area is 727 Å². The molecule has 1 spiro atoms. The molecule has 0 amide bonds. The van der Waals surface area contributed by atoms with Crippen LogP contribution in [0.2, 0.25) is 0 Å². The molecule has 4 nitrogen and oxygen atoms in total. The van der Waals surface area contributed by atoms with E-state index in [2.05, 4.69) is 458 Å². The molecule has 16 aromatic carbocycles. The van der Waals surface area contributed by atoms with Gasteiger partial charge < -0.3 is 19.4 Å². The van der Waals surface area contributed by atoms with Gasteiger partial charge in [-0.25, -0.2) is 0 Å². The Morgan fingerprint density at radius 2 is 0.577 bits per heavy atom. The molecule has 0 unspecified atom stereocenters. The van der Waals surface area contributed by atoms with Crippen LogP contribution in [0.5, 0.6) is 11.5 Å². The number of fused-ring (bicyclic) bond motifs is 18. The van der Waals surface area contributed by atoms with Gasteiger partial charge in [0.2, 0.25) is 0 Å². The molecule has 596 valence electrons. The third-order valence-electron chi connectivity index (χ3n) is 27.6. The maximum atomic E-state index is 8.40. The molecule has 123 heavy (non-hydrogen) atoms. The summed E-state index contributed by atoms with van der Waals surface area (Å²) < 4.78 is 8.40. The van der Waals surface area contributed by atoms with E-state index >= 15 is 0 Å². The van der Waals surface area contributed by atoms with Crippen molar-refractivity contribution in [2.75, 3.05) is 14.7 Å². The Bertz CT molecular complexity index is 6850. The number of rotatable bonds is 8. The van der Waals surface area contributed by atoms with Crippen LogP contribution in [0.3, 0.4) is 0 Å². The summed E-state index contributed by atoms with van der Waals surface area (Å²) in [6, 6.07) is 131. The summed E-state index contributed by atoms with van der Waals surface area (Å²) in [7, 11) is 0. The third kappa shape index (κ3) is 11.7. The molecule has 0 fully saturated rings. The molecule has 0 aromatic heterocycles. The summed E-state index contributed by atoms with van der Waals surface area (Å²) in [6.45, 7) is 35.0. The van der Waals surface area contributed by atoms with Gasteiger partial charge in [0, 0.05) is 68.1 Å². The lowest BCUT2D eigenvalue weighted by atomic mass is 9.30. The first kappa shape index (κ1) is 76.0. The maximum Gasteiger partial charge on any atom is 0.256 e. The lowest BCUT2D eigenvalue weighted by molar-refractivity contribution is 0.488. The van der Waals surface area contributed by atoms with Crippen LogP contribution in [-0.2, 0) is 32.5 Å². The molecule has 0 bridgehead atoms. The molecule has 0 atom stereocenters. The Balaban J connectivity index is 0.865. The number of benzene rings is 16. The first-order valence-corrected chi connectivity index (χ1v) is 44.2. The summed E-state index contributed by atoms with van der Waals surface area (Å²) >= 11 is 0. The average molecular weight is 1590 g/mol. The molecule has 4 aliphatic heterocycles. The maximum absolute atomic E-state index is 8.40. The zero-order valence-electron chi connectivity index (χ0n) is 73.2. The van der Waals surface area contributed by atoms with Crippen LogP contribution >= 0.6 is 0 Å². The predicted octanol–water partition coefficient (Wildman–Crippen LogP) is 27.3. The van der Waals surface area contributed by atoms with Gasteiger partial charge in [0.05, 0.1) is 16.8 Å². The Morgan fingerprint density at radius 3 is 1.02 bits per heavy atom. The van der Waals surface area contributed by atoms with Crippen LogP contribution in [0.1, 0.15) is 154 Å². The number of nitrogens with zero attached hydrogens (tertiary/aromatic N) is 3. The van der Waals surface area contributed by atoms with Crippen molar-refractivity contribution >= 4 is 97.4 Å². The Hall–Kier alpha value is -13.2. The standard InChI is InChI=1S/C117H101B2N3O/c1-112(2,3)77-61-78(113(4,5)6)63-82(62-77)120-101-71-105-98(70-97(101)118-95-55-34-36-57-99(95)122(104-69-81(116(13,14)15)68-103(120)108(104)118)111-90(74-43-24-18-25-44-74)66-80(115(10,11)12)67-91(111)75-45-26-19-27-46-75)119-96-56-35-37-58-100(96)121(110-88(72-39-20-16-21-40-72)64-79(114(7,8)9)65-89(110)73-41-22-17-23-42-73)102-59-76(60-106(123-105)109(102)119)83-50-38-51-87-86-49-30-33-54-94(86)117(107(83)87)92-52-31-28-47-84(92)85-48-29-32-53-93(85)117/h16-71H,1-15H3. The predicted molar refractivity (Wildman–Crippen MR) is 523 cm³/mol. The number of hydrogen-bond donors (Lipinski definition) is 0.